The summed E-state index contributed by atoms with van der Waals surface area (Å²) in [6, 6.07) is 1.08. The van der Waals surface area contributed by atoms with Crippen molar-refractivity contribution in [3.05, 3.63) is 35.9 Å². The van der Waals surface area contributed by atoms with Crippen molar-refractivity contribution in [2.45, 2.75) is 24.9 Å². The van der Waals surface area contributed by atoms with Crippen LogP contribution in [0.1, 0.15) is 12.5 Å². The zero-order chi connectivity index (χ0) is 18.2. The predicted octanol–water partition coefficient (Wildman–Crippen LogP) is 3.19. The maximum absolute atomic E-state index is 12.7. The van der Waals surface area contributed by atoms with Crippen molar-refractivity contribution in [3.8, 4) is 11.5 Å². The van der Waals surface area contributed by atoms with Gasteiger partial charge in [-0.15, -0.1) is 0 Å². The van der Waals surface area contributed by atoms with Crippen LogP contribution in [0.25, 0.3) is 0 Å². The van der Waals surface area contributed by atoms with Crippen LogP contribution < -0.4 is 4.74 Å². The minimum atomic E-state index is -6.14. The van der Waals surface area contributed by atoms with E-state index in [9.17, 15) is 36.2 Å². The van der Waals surface area contributed by atoms with E-state index in [0.717, 1.165) is 0 Å². The largest absolute Gasteiger partial charge is 0.507 e. The minimum Gasteiger partial charge on any atom is -0.507 e. The van der Waals surface area contributed by atoms with Crippen molar-refractivity contribution in [2.24, 2.45) is 0 Å². The Morgan fingerprint density at radius 1 is 1.13 bits per heavy atom. The van der Waals surface area contributed by atoms with E-state index in [-0.39, 0.29) is 11.6 Å². The van der Waals surface area contributed by atoms with Gasteiger partial charge >= 0.3 is 18.3 Å². The number of aliphatic hydroxyl groups is 1. The number of alkyl halides is 6. The van der Waals surface area contributed by atoms with Crippen LogP contribution in [0.15, 0.2) is 30.4 Å². The fourth-order valence-electron chi connectivity index (χ4n) is 1.54. The molecule has 23 heavy (non-hydrogen) atoms. The van der Waals surface area contributed by atoms with Gasteiger partial charge in [0.25, 0.3) is 5.60 Å². The second-order valence-corrected chi connectivity index (χ2v) is 4.55. The van der Waals surface area contributed by atoms with Crippen LogP contribution in [0, 0.1) is 0 Å². The van der Waals surface area contributed by atoms with Crippen LogP contribution in [0.2, 0.25) is 0 Å². The molecule has 0 saturated carbocycles. The van der Waals surface area contributed by atoms with Gasteiger partial charge in [0.1, 0.15) is 11.5 Å². The van der Waals surface area contributed by atoms with Crippen molar-refractivity contribution >= 4 is 5.97 Å². The zero-order valence-electron chi connectivity index (χ0n) is 11.4. The van der Waals surface area contributed by atoms with E-state index >= 15 is 0 Å². The fraction of sp³-hybridized carbons (Fsp3) is 0.308. The summed E-state index contributed by atoms with van der Waals surface area (Å²) in [7, 11) is 0. The lowest BCUT2D eigenvalue weighted by molar-refractivity contribution is -0.376. The number of hydrogen-bond acceptors (Lipinski definition) is 4. The lowest BCUT2D eigenvalue weighted by atomic mass is 9.91. The van der Waals surface area contributed by atoms with E-state index < -0.39 is 41.0 Å². The highest BCUT2D eigenvalue weighted by Gasteiger charge is 2.72. The molecular weight excluding hydrogens is 334 g/mol. The van der Waals surface area contributed by atoms with E-state index in [1.807, 2.05) is 0 Å². The number of phenols is 1. The SMILES string of the molecule is C=C(C)C(=O)Oc1ccc(C(O)(C(F)(F)F)C(F)(F)F)c(O)c1. The van der Waals surface area contributed by atoms with Gasteiger partial charge in [-0.05, 0) is 19.1 Å². The second-order valence-electron chi connectivity index (χ2n) is 4.55. The first kappa shape index (κ1) is 18.8. The van der Waals surface area contributed by atoms with Crippen molar-refractivity contribution in [3.63, 3.8) is 0 Å². The van der Waals surface area contributed by atoms with Gasteiger partial charge in [-0.3, -0.25) is 0 Å². The summed E-state index contributed by atoms with van der Waals surface area (Å²) in [5, 5.41) is 18.6. The van der Waals surface area contributed by atoms with Gasteiger partial charge in [-0.2, -0.15) is 26.3 Å². The highest BCUT2D eigenvalue weighted by atomic mass is 19.4. The van der Waals surface area contributed by atoms with Gasteiger partial charge in [0.15, 0.2) is 0 Å². The molecule has 0 bridgehead atoms. The molecule has 0 fully saturated rings. The summed E-state index contributed by atoms with van der Waals surface area (Å²) in [6.07, 6.45) is -12.3. The summed E-state index contributed by atoms with van der Waals surface area (Å²) in [5.74, 6) is -3.07. The van der Waals surface area contributed by atoms with Crippen molar-refractivity contribution < 1.29 is 46.1 Å². The van der Waals surface area contributed by atoms with E-state index in [1.165, 1.54) is 6.92 Å². The van der Waals surface area contributed by atoms with Gasteiger partial charge in [0, 0.05) is 17.2 Å². The number of aromatic hydroxyl groups is 1. The van der Waals surface area contributed by atoms with Gasteiger partial charge in [-0.1, -0.05) is 6.58 Å². The molecule has 1 aromatic rings. The first-order chi connectivity index (χ1) is 10.2. The Morgan fingerprint density at radius 3 is 1.96 bits per heavy atom. The first-order valence-corrected chi connectivity index (χ1v) is 5.79. The quantitative estimate of drug-likeness (QED) is 0.383. The molecule has 10 heteroatoms. The molecule has 1 rings (SSSR count). The molecule has 1 aromatic carbocycles. The number of carbonyl (C=O) groups is 1. The molecule has 0 aliphatic heterocycles. The molecule has 0 spiro atoms. The molecule has 2 N–H and O–H groups in total. The molecule has 4 nitrogen and oxygen atoms in total. The molecule has 128 valence electrons. The smallest absolute Gasteiger partial charge is 0.430 e. The lowest BCUT2D eigenvalue weighted by Crippen LogP contribution is -2.53. The summed E-state index contributed by atoms with van der Waals surface area (Å²) in [5.41, 5.74) is -7.20. The number of esters is 1. The predicted molar refractivity (Wildman–Crippen MR) is 64.6 cm³/mol. The van der Waals surface area contributed by atoms with Gasteiger partial charge < -0.3 is 14.9 Å². The number of hydrogen-bond donors (Lipinski definition) is 2. The number of halogens is 6. The fourth-order valence-corrected chi connectivity index (χ4v) is 1.54. The summed E-state index contributed by atoms with van der Waals surface area (Å²) in [4.78, 5) is 11.2. The molecule has 0 aromatic heterocycles. The number of phenolic OH excluding ortho intramolecular Hbond substituents is 1. The Kier molecular flexibility index (Phi) is 4.71. The molecule has 0 amide bonds. The zero-order valence-corrected chi connectivity index (χ0v) is 11.4. The van der Waals surface area contributed by atoms with Crippen LogP contribution in [0.3, 0.4) is 0 Å². The van der Waals surface area contributed by atoms with Crippen LogP contribution in [0.5, 0.6) is 11.5 Å². The third-order valence-corrected chi connectivity index (χ3v) is 2.74. The van der Waals surface area contributed by atoms with Crippen molar-refractivity contribution in [2.75, 3.05) is 0 Å². The molecule has 0 saturated heterocycles. The Balaban J connectivity index is 3.38. The molecule has 0 radical (unpaired) electrons. The average Bonchev–Trinajstić information content (AvgIpc) is 2.35. The van der Waals surface area contributed by atoms with Crippen LogP contribution in [0.4, 0.5) is 26.3 Å². The molecule has 0 aliphatic rings. The number of rotatable bonds is 3. The normalized spacial score (nSPS) is 12.9. The maximum Gasteiger partial charge on any atom is 0.430 e. The lowest BCUT2D eigenvalue weighted by Gasteiger charge is -2.33. The topological polar surface area (TPSA) is 66.8 Å². The highest BCUT2D eigenvalue weighted by molar-refractivity contribution is 5.88. The maximum atomic E-state index is 12.7. The van der Waals surface area contributed by atoms with Crippen LogP contribution in [-0.4, -0.2) is 28.5 Å². The molecule has 0 atom stereocenters. The van der Waals surface area contributed by atoms with Gasteiger partial charge in [0.2, 0.25) is 0 Å². The molecule has 0 unspecified atom stereocenters. The number of ether oxygens (including phenoxy) is 1. The third-order valence-electron chi connectivity index (χ3n) is 2.74. The van der Waals surface area contributed by atoms with Crippen molar-refractivity contribution in [1.29, 1.82) is 0 Å². The Hall–Kier alpha value is -2.23. The van der Waals surface area contributed by atoms with Crippen LogP contribution >= 0.6 is 0 Å². The molecule has 0 heterocycles. The number of carbonyl (C=O) groups excluding carboxylic acids is 1. The Bertz CT molecular complexity index is 618. The van der Waals surface area contributed by atoms with Crippen molar-refractivity contribution in [1.82, 2.24) is 0 Å². The first-order valence-electron chi connectivity index (χ1n) is 5.79. The summed E-state index contributed by atoms with van der Waals surface area (Å²) in [6.45, 7) is 4.47. The Morgan fingerprint density at radius 2 is 1.61 bits per heavy atom. The Labute approximate surface area is 125 Å². The van der Waals surface area contributed by atoms with E-state index in [1.54, 1.807) is 0 Å². The standard InChI is InChI=1S/C13H10F6O4/c1-6(2)10(21)23-7-3-4-8(9(20)5-7)11(22,12(14,15)16)13(17,18)19/h3-5,20,22H,1H2,2H3. The number of benzene rings is 1. The molecule has 0 aliphatic carbocycles. The minimum absolute atomic E-state index is 0.0874. The van der Waals surface area contributed by atoms with Crippen LogP contribution in [-0.2, 0) is 10.4 Å². The third kappa shape index (κ3) is 3.41. The average molecular weight is 344 g/mol. The van der Waals surface area contributed by atoms with E-state index in [4.69, 9.17) is 5.11 Å². The monoisotopic (exact) mass is 344 g/mol. The van der Waals surface area contributed by atoms with Gasteiger partial charge in [0.05, 0.1) is 0 Å². The van der Waals surface area contributed by atoms with Gasteiger partial charge in [-0.25, -0.2) is 4.79 Å². The summed E-state index contributed by atoms with van der Waals surface area (Å²) >= 11 is 0. The van der Waals surface area contributed by atoms with E-state index in [0.29, 0.717) is 12.1 Å². The second kappa shape index (κ2) is 5.76. The molecular formula is C13H10F6O4. The van der Waals surface area contributed by atoms with E-state index in [2.05, 4.69) is 11.3 Å². The summed E-state index contributed by atoms with van der Waals surface area (Å²) < 4.78 is 80.8. The highest BCUT2D eigenvalue weighted by Crippen LogP contribution is 2.52.